The topological polar surface area (TPSA) is 113 Å². The molecule has 0 aromatic heterocycles. The molecule has 0 atom stereocenters. The molecule has 36 heavy (non-hydrogen) atoms. The van der Waals surface area contributed by atoms with Crippen LogP contribution in [-0.2, 0) is 18.5 Å². The highest BCUT2D eigenvalue weighted by atomic mass is 35.7. The number of carbonyl (C=O) groups is 2. The van der Waals surface area contributed by atoms with E-state index in [0.717, 1.165) is 51.2 Å². The maximum atomic E-state index is 11.7. The standard InChI is InChI=1S/C12H21NO2.C11H19NO3.CH3ClO2S.CH4/c1-9-5-12(6-9)7-13(8-12)10(14)15-11(2,3)4;1-10(2,3)15-9(14)12-6-11(7-12)4-8(13)5-11;1-5(2,3)4;/h9H,5-8H2,1-4H3;8,13H,4-7H2,1-3H3;1H3;1H4. The number of hydrogen-bond donors (Lipinski definition) is 1. The number of aliphatic hydroxyl groups excluding tert-OH is 1. The summed E-state index contributed by atoms with van der Waals surface area (Å²) < 4.78 is 29.4. The lowest BCUT2D eigenvalue weighted by molar-refractivity contribution is -0.124. The molecule has 4 rings (SSSR count). The van der Waals surface area contributed by atoms with Crippen molar-refractivity contribution in [3.05, 3.63) is 0 Å². The summed E-state index contributed by atoms with van der Waals surface area (Å²) >= 11 is 0. The van der Waals surface area contributed by atoms with Gasteiger partial charge in [0.1, 0.15) is 11.2 Å². The Bertz CT molecular complexity index is 801. The van der Waals surface area contributed by atoms with Gasteiger partial charge < -0.3 is 24.4 Å². The summed E-state index contributed by atoms with van der Waals surface area (Å²) in [6.07, 6.45) is 4.65. The summed E-state index contributed by atoms with van der Waals surface area (Å²) in [6, 6.07) is 0. The molecule has 2 spiro atoms. The summed E-state index contributed by atoms with van der Waals surface area (Å²) in [6.45, 7) is 16.9. The van der Waals surface area contributed by atoms with Gasteiger partial charge >= 0.3 is 12.2 Å². The van der Waals surface area contributed by atoms with Crippen LogP contribution < -0.4 is 0 Å². The number of likely N-dealkylation sites (tertiary alicyclic amines) is 2. The smallest absolute Gasteiger partial charge is 0.410 e. The molecule has 4 aliphatic rings. The number of amides is 2. The molecule has 0 bridgehead atoms. The van der Waals surface area contributed by atoms with Crippen LogP contribution in [0.1, 0.15) is 81.6 Å². The predicted octanol–water partition coefficient (Wildman–Crippen LogP) is 4.85. The molecular weight excluding hydrogens is 508 g/mol. The lowest BCUT2D eigenvalue weighted by Crippen LogP contribution is -2.65. The van der Waals surface area contributed by atoms with E-state index in [0.29, 0.717) is 5.41 Å². The van der Waals surface area contributed by atoms with E-state index in [1.165, 1.54) is 12.8 Å². The number of hydrogen-bond acceptors (Lipinski definition) is 7. The van der Waals surface area contributed by atoms with Crippen molar-refractivity contribution in [2.75, 3.05) is 32.4 Å². The van der Waals surface area contributed by atoms with Crippen LogP contribution in [0, 0.1) is 16.7 Å². The first-order valence-corrected chi connectivity index (χ1v) is 14.8. The van der Waals surface area contributed by atoms with Gasteiger partial charge in [-0.25, -0.2) is 18.0 Å². The van der Waals surface area contributed by atoms with E-state index < -0.39 is 14.7 Å². The molecule has 2 aliphatic carbocycles. The fraction of sp³-hybridized carbons (Fsp3) is 0.920. The fourth-order valence-electron chi connectivity index (χ4n) is 5.31. The van der Waals surface area contributed by atoms with E-state index >= 15 is 0 Å². The molecule has 0 radical (unpaired) electrons. The molecule has 11 heteroatoms. The number of aliphatic hydroxyl groups is 1. The molecule has 9 nitrogen and oxygen atoms in total. The van der Waals surface area contributed by atoms with Crippen LogP contribution in [0.4, 0.5) is 9.59 Å². The van der Waals surface area contributed by atoms with Crippen molar-refractivity contribution in [1.29, 1.82) is 0 Å². The molecular formula is C25H47ClN2O7S. The van der Waals surface area contributed by atoms with Gasteiger partial charge in [-0.05, 0) is 73.1 Å². The molecule has 1 N–H and O–H groups in total. The van der Waals surface area contributed by atoms with E-state index in [-0.39, 0.29) is 36.7 Å². The van der Waals surface area contributed by atoms with Crippen molar-refractivity contribution >= 4 is 31.9 Å². The highest BCUT2D eigenvalue weighted by molar-refractivity contribution is 8.13. The van der Waals surface area contributed by atoms with Crippen molar-refractivity contribution in [2.24, 2.45) is 16.7 Å². The maximum Gasteiger partial charge on any atom is 0.410 e. The van der Waals surface area contributed by atoms with E-state index in [1.54, 1.807) is 4.90 Å². The minimum Gasteiger partial charge on any atom is -0.444 e. The largest absolute Gasteiger partial charge is 0.444 e. The first-order chi connectivity index (χ1) is 15.6. The van der Waals surface area contributed by atoms with Crippen LogP contribution in [0.3, 0.4) is 0 Å². The SMILES string of the molecule is C.CC(C)(C)OC(=O)N1CC2(CC(O)C2)C1.CC1CC2(C1)CN(C(=O)OC(C)(C)C)C2.CS(=O)(=O)Cl. The zero-order valence-electron chi connectivity index (χ0n) is 22.4. The van der Waals surface area contributed by atoms with Gasteiger partial charge in [0, 0.05) is 47.7 Å². The van der Waals surface area contributed by atoms with Gasteiger partial charge in [-0.3, -0.25) is 0 Å². The Kier molecular flexibility index (Phi) is 10.2. The van der Waals surface area contributed by atoms with Crippen LogP contribution in [-0.4, -0.2) is 85.3 Å². The number of rotatable bonds is 0. The summed E-state index contributed by atoms with van der Waals surface area (Å²) in [5, 5.41) is 9.23. The molecule has 0 aromatic carbocycles. The molecule has 4 fully saturated rings. The predicted molar refractivity (Wildman–Crippen MR) is 142 cm³/mol. The van der Waals surface area contributed by atoms with Crippen molar-refractivity contribution in [3.63, 3.8) is 0 Å². The Balaban J connectivity index is 0.000000298. The average molecular weight is 555 g/mol. The Morgan fingerprint density at radius 3 is 1.33 bits per heavy atom. The molecule has 2 heterocycles. The minimum absolute atomic E-state index is 0. The van der Waals surface area contributed by atoms with Gasteiger partial charge in [0.15, 0.2) is 0 Å². The molecule has 2 amide bonds. The third-order valence-corrected chi connectivity index (χ3v) is 6.31. The highest BCUT2D eigenvalue weighted by Gasteiger charge is 2.54. The van der Waals surface area contributed by atoms with Gasteiger partial charge in [0.2, 0.25) is 9.05 Å². The third-order valence-electron chi connectivity index (χ3n) is 6.31. The van der Waals surface area contributed by atoms with Crippen molar-refractivity contribution in [2.45, 2.75) is 98.9 Å². The lowest BCUT2D eigenvalue weighted by atomic mass is 9.58. The highest BCUT2D eigenvalue weighted by Crippen LogP contribution is 2.51. The monoisotopic (exact) mass is 554 g/mol. The molecule has 0 unspecified atom stereocenters. The number of nitrogens with zero attached hydrogens (tertiary/aromatic N) is 2. The van der Waals surface area contributed by atoms with Crippen LogP contribution in [0.15, 0.2) is 0 Å². The second-order valence-electron chi connectivity index (χ2n) is 12.9. The molecule has 212 valence electrons. The van der Waals surface area contributed by atoms with Crippen molar-refractivity contribution in [1.82, 2.24) is 9.80 Å². The first-order valence-electron chi connectivity index (χ1n) is 12.1. The zero-order valence-corrected chi connectivity index (χ0v) is 24.0. The number of carbonyl (C=O) groups excluding carboxylic acids is 2. The Hall–Kier alpha value is -1.26. The fourth-order valence-corrected chi connectivity index (χ4v) is 5.31. The van der Waals surface area contributed by atoms with Gasteiger partial charge in [0.25, 0.3) is 0 Å². The number of ether oxygens (including phenoxy) is 2. The second-order valence-corrected chi connectivity index (χ2v) is 16.0. The average Bonchev–Trinajstić information content (AvgIpc) is 2.46. The van der Waals surface area contributed by atoms with E-state index in [2.05, 4.69) is 17.6 Å². The van der Waals surface area contributed by atoms with E-state index in [4.69, 9.17) is 9.47 Å². The molecule has 0 aromatic rings. The Morgan fingerprint density at radius 1 is 0.833 bits per heavy atom. The molecule has 2 saturated heterocycles. The minimum atomic E-state index is -3.19. The van der Waals surface area contributed by atoms with Crippen LogP contribution in [0.25, 0.3) is 0 Å². The van der Waals surface area contributed by atoms with Gasteiger partial charge in [-0.15, -0.1) is 0 Å². The summed E-state index contributed by atoms with van der Waals surface area (Å²) in [5.74, 6) is 0.853. The summed E-state index contributed by atoms with van der Waals surface area (Å²) in [5.41, 5.74) is -0.0989. The normalized spacial score (nSPS) is 23.7. The third kappa shape index (κ3) is 10.2. The summed E-state index contributed by atoms with van der Waals surface area (Å²) in [4.78, 5) is 26.8. The molecule has 2 aliphatic heterocycles. The van der Waals surface area contributed by atoms with Crippen molar-refractivity contribution < 1.29 is 32.6 Å². The van der Waals surface area contributed by atoms with Crippen LogP contribution in [0.2, 0.25) is 0 Å². The van der Waals surface area contributed by atoms with Gasteiger partial charge in [0.05, 0.1) is 12.4 Å². The van der Waals surface area contributed by atoms with Crippen LogP contribution in [0.5, 0.6) is 0 Å². The van der Waals surface area contributed by atoms with E-state index in [9.17, 15) is 23.1 Å². The zero-order chi connectivity index (χ0) is 27.0. The lowest BCUT2D eigenvalue weighted by Gasteiger charge is -2.58. The maximum absolute atomic E-state index is 11.7. The van der Waals surface area contributed by atoms with Crippen molar-refractivity contribution in [3.8, 4) is 0 Å². The van der Waals surface area contributed by atoms with Crippen LogP contribution >= 0.6 is 10.7 Å². The quantitative estimate of drug-likeness (QED) is 0.426. The number of halogens is 1. The Labute approximate surface area is 222 Å². The van der Waals surface area contributed by atoms with Gasteiger partial charge in [-0.2, -0.15) is 0 Å². The second kappa shape index (κ2) is 11.2. The summed E-state index contributed by atoms with van der Waals surface area (Å²) in [7, 11) is 1.31. The molecule has 2 saturated carbocycles. The first kappa shape index (κ1) is 32.8. The van der Waals surface area contributed by atoms with E-state index in [1.807, 2.05) is 46.4 Å². The van der Waals surface area contributed by atoms with Gasteiger partial charge in [-0.1, -0.05) is 14.4 Å². The Morgan fingerprint density at radius 2 is 1.11 bits per heavy atom.